The Labute approximate surface area is 110 Å². The van der Waals surface area contributed by atoms with E-state index < -0.39 is 0 Å². The van der Waals surface area contributed by atoms with Crippen molar-refractivity contribution in [1.82, 2.24) is 0 Å². The number of carbonyl (C=O) groups is 1. The Morgan fingerprint density at radius 2 is 2.00 bits per heavy atom. The molecule has 1 heteroatoms. The van der Waals surface area contributed by atoms with Crippen LogP contribution in [0, 0.1) is 11.3 Å². The van der Waals surface area contributed by atoms with Crippen LogP contribution >= 0.6 is 0 Å². The van der Waals surface area contributed by atoms with Crippen molar-refractivity contribution in [2.45, 2.75) is 40.0 Å². The topological polar surface area (TPSA) is 17.1 Å². The molecule has 0 amide bonds. The molecular weight excluding hydrogens is 220 g/mol. The molecule has 1 aliphatic carbocycles. The van der Waals surface area contributed by atoms with E-state index in [9.17, 15) is 4.79 Å². The Hall–Kier alpha value is -1.37. The molecule has 0 heterocycles. The second-order valence-corrected chi connectivity index (χ2v) is 6.20. The lowest BCUT2D eigenvalue weighted by Gasteiger charge is -2.42. The molecule has 2 unspecified atom stereocenters. The maximum absolute atomic E-state index is 10.4. The molecule has 0 N–H and O–H groups in total. The highest BCUT2D eigenvalue weighted by molar-refractivity contribution is 5.74. The van der Waals surface area contributed by atoms with Crippen LogP contribution in [0.15, 0.2) is 24.3 Å². The van der Waals surface area contributed by atoms with E-state index >= 15 is 0 Å². The standard InChI is InChI=1S/C17H22O/c1-12-13(2)17(3,4)11-15-8-7-14(6-5-9-18)10-16(12)15/h5-10,12-13H,11H2,1-4H3/b6-5+. The fraction of sp³-hybridized carbons (Fsp3) is 0.471. The average Bonchev–Trinajstić information content (AvgIpc) is 2.34. The summed E-state index contributed by atoms with van der Waals surface area (Å²) in [5.41, 5.74) is 4.41. The maximum Gasteiger partial charge on any atom is 0.142 e. The summed E-state index contributed by atoms with van der Waals surface area (Å²) in [6, 6.07) is 6.58. The highest BCUT2D eigenvalue weighted by Crippen LogP contribution is 2.46. The maximum atomic E-state index is 10.4. The summed E-state index contributed by atoms with van der Waals surface area (Å²) in [7, 11) is 0. The van der Waals surface area contributed by atoms with Gasteiger partial charge in [-0.1, -0.05) is 52.0 Å². The second-order valence-electron chi connectivity index (χ2n) is 6.20. The number of hydrogen-bond donors (Lipinski definition) is 0. The van der Waals surface area contributed by atoms with Crippen LogP contribution in [0.2, 0.25) is 0 Å². The summed E-state index contributed by atoms with van der Waals surface area (Å²) in [5, 5.41) is 0. The fourth-order valence-electron chi connectivity index (χ4n) is 3.05. The zero-order chi connectivity index (χ0) is 13.3. The van der Waals surface area contributed by atoms with Crippen molar-refractivity contribution in [2.24, 2.45) is 11.3 Å². The van der Waals surface area contributed by atoms with Crippen LogP contribution in [0.1, 0.15) is 50.3 Å². The quantitative estimate of drug-likeness (QED) is 0.560. The van der Waals surface area contributed by atoms with Crippen LogP contribution in [-0.2, 0) is 11.2 Å². The number of aldehydes is 1. The minimum absolute atomic E-state index is 0.368. The first-order valence-corrected chi connectivity index (χ1v) is 6.70. The third-order valence-corrected chi connectivity index (χ3v) is 4.66. The molecule has 0 aromatic heterocycles. The number of rotatable bonds is 2. The molecule has 1 aromatic rings. The molecule has 0 bridgehead atoms. The molecule has 1 aromatic carbocycles. The van der Waals surface area contributed by atoms with Gasteiger partial charge < -0.3 is 0 Å². The van der Waals surface area contributed by atoms with Gasteiger partial charge >= 0.3 is 0 Å². The molecule has 0 spiro atoms. The second kappa shape index (κ2) is 4.72. The SMILES string of the molecule is CC1c2cc(/C=C/C=O)ccc2CC(C)(C)C1C. The Morgan fingerprint density at radius 3 is 2.67 bits per heavy atom. The lowest BCUT2D eigenvalue weighted by atomic mass is 9.63. The van der Waals surface area contributed by atoms with Gasteiger partial charge in [-0.25, -0.2) is 0 Å². The number of hydrogen-bond acceptors (Lipinski definition) is 1. The van der Waals surface area contributed by atoms with Crippen molar-refractivity contribution in [1.29, 1.82) is 0 Å². The Balaban J connectivity index is 2.42. The molecule has 2 atom stereocenters. The van der Waals surface area contributed by atoms with Gasteiger partial charge in [0.2, 0.25) is 0 Å². The summed E-state index contributed by atoms with van der Waals surface area (Å²) in [6.07, 6.45) is 5.41. The van der Waals surface area contributed by atoms with Crippen LogP contribution < -0.4 is 0 Å². The van der Waals surface area contributed by atoms with Gasteiger partial charge in [0.15, 0.2) is 0 Å². The van der Waals surface area contributed by atoms with Gasteiger partial charge in [0, 0.05) is 0 Å². The molecule has 0 saturated heterocycles. The van der Waals surface area contributed by atoms with Crippen molar-refractivity contribution in [3.63, 3.8) is 0 Å². The Kier molecular flexibility index (Phi) is 3.43. The fourth-order valence-corrected chi connectivity index (χ4v) is 3.05. The van der Waals surface area contributed by atoms with Gasteiger partial charge in [0.05, 0.1) is 0 Å². The summed E-state index contributed by atoms with van der Waals surface area (Å²) in [5.74, 6) is 1.25. The molecule has 0 aliphatic heterocycles. The minimum Gasteiger partial charge on any atom is -0.299 e. The molecule has 18 heavy (non-hydrogen) atoms. The zero-order valence-corrected chi connectivity index (χ0v) is 11.7. The van der Waals surface area contributed by atoms with Crippen molar-refractivity contribution >= 4 is 12.4 Å². The first kappa shape index (κ1) is 13.1. The predicted molar refractivity (Wildman–Crippen MR) is 76.6 cm³/mol. The lowest BCUT2D eigenvalue weighted by molar-refractivity contribution is -0.104. The van der Waals surface area contributed by atoms with Gasteiger partial charge in [-0.3, -0.25) is 4.79 Å². The number of benzene rings is 1. The van der Waals surface area contributed by atoms with E-state index in [-0.39, 0.29) is 0 Å². The summed E-state index contributed by atoms with van der Waals surface area (Å²) >= 11 is 0. The third kappa shape index (κ3) is 2.27. The predicted octanol–water partition coefficient (Wildman–Crippen LogP) is 4.22. The van der Waals surface area contributed by atoms with E-state index in [1.807, 2.05) is 6.08 Å². The monoisotopic (exact) mass is 242 g/mol. The lowest BCUT2D eigenvalue weighted by Crippen LogP contribution is -2.33. The van der Waals surface area contributed by atoms with Gasteiger partial charge in [0.1, 0.15) is 6.29 Å². The van der Waals surface area contributed by atoms with E-state index in [4.69, 9.17) is 0 Å². The van der Waals surface area contributed by atoms with Crippen LogP contribution in [0.5, 0.6) is 0 Å². The molecule has 2 rings (SSSR count). The Bertz CT molecular complexity index is 482. The van der Waals surface area contributed by atoms with E-state index in [0.717, 1.165) is 18.3 Å². The summed E-state index contributed by atoms with van der Waals surface area (Å²) < 4.78 is 0. The average molecular weight is 242 g/mol. The summed E-state index contributed by atoms with van der Waals surface area (Å²) in [4.78, 5) is 10.4. The molecule has 1 nitrogen and oxygen atoms in total. The highest BCUT2D eigenvalue weighted by atomic mass is 16.1. The first-order valence-electron chi connectivity index (χ1n) is 6.70. The van der Waals surface area contributed by atoms with Crippen molar-refractivity contribution in [3.8, 4) is 0 Å². The van der Waals surface area contributed by atoms with Crippen molar-refractivity contribution in [3.05, 3.63) is 41.0 Å². The van der Waals surface area contributed by atoms with Gasteiger partial charge in [-0.05, 0) is 46.4 Å². The minimum atomic E-state index is 0.368. The normalized spacial score (nSPS) is 26.0. The molecule has 0 saturated carbocycles. The highest BCUT2D eigenvalue weighted by Gasteiger charge is 2.36. The van der Waals surface area contributed by atoms with Gasteiger partial charge in [0.25, 0.3) is 0 Å². The van der Waals surface area contributed by atoms with Crippen LogP contribution in [0.25, 0.3) is 6.08 Å². The number of allylic oxidation sites excluding steroid dienone is 1. The summed E-state index contributed by atoms with van der Waals surface area (Å²) in [6.45, 7) is 9.38. The first-order chi connectivity index (χ1) is 8.45. The van der Waals surface area contributed by atoms with Crippen LogP contribution in [0.3, 0.4) is 0 Å². The molecule has 0 fully saturated rings. The van der Waals surface area contributed by atoms with Crippen LogP contribution in [-0.4, -0.2) is 6.29 Å². The van der Waals surface area contributed by atoms with E-state index in [1.165, 1.54) is 11.1 Å². The third-order valence-electron chi connectivity index (χ3n) is 4.66. The number of fused-ring (bicyclic) bond motifs is 1. The smallest absolute Gasteiger partial charge is 0.142 e. The van der Waals surface area contributed by atoms with Crippen molar-refractivity contribution in [2.75, 3.05) is 0 Å². The van der Waals surface area contributed by atoms with E-state index in [2.05, 4.69) is 45.9 Å². The molecule has 0 radical (unpaired) electrons. The van der Waals surface area contributed by atoms with Crippen LogP contribution in [0.4, 0.5) is 0 Å². The van der Waals surface area contributed by atoms with Crippen molar-refractivity contribution < 1.29 is 4.79 Å². The molecular formula is C17H22O. The van der Waals surface area contributed by atoms with Gasteiger partial charge in [-0.15, -0.1) is 0 Å². The Morgan fingerprint density at radius 1 is 1.28 bits per heavy atom. The largest absolute Gasteiger partial charge is 0.299 e. The van der Waals surface area contributed by atoms with Gasteiger partial charge in [-0.2, -0.15) is 0 Å². The molecule has 96 valence electrons. The van der Waals surface area contributed by atoms with E-state index in [0.29, 0.717) is 17.3 Å². The zero-order valence-electron chi connectivity index (χ0n) is 11.7. The van der Waals surface area contributed by atoms with E-state index in [1.54, 1.807) is 6.08 Å². The molecule has 1 aliphatic rings. The number of carbonyl (C=O) groups excluding carboxylic acids is 1.